The average Bonchev–Trinajstić information content (AvgIpc) is 3.09. The molecule has 1 saturated carbocycles. The second-order valence-electron chi connectivity index (χ2n) is 9.51. The van der Waals surface area contributed by atoms with Gasteiger partial charge in [-0.25, -0.2) is 9.78 Å². The Morgan fingerprint density at radius 1 is 1.39 bits per heavy atom. The molecule has 2 atom stereocenters. The largest absolute Gasteiger partial charge is 0.443 e. The Balaban J connectivity index is 1.87. The third-order valence-electron chi connectivity index (χ3n) is 5.74. The van der Waals surface area contributed by atoms with Crippen molar-refractivity contribution < 1.29 is 19.1 Å². The van der Waals surface area contributed by atoms with Crippen LogP contribution < -0.4 is 4.90 Å². The molecule has 31 heavy (non-hydrogen) atoms. The lowest BCUT2D eigenvalue weighted by molar-refractivity contribution is -0.0395. The average molecular weight is 451 g/mol. The molecule has 2 aromatic rings. The molecule has 0 saturated heterocycles. The van der Waals surface area contributed by atoms with Crippen molar-refractivity contribution in [3.05, 3.63) is 23.0 Å². The number of halogens is 1. The van der Waals surface area contributed by atoms with E-state index in [2.05, 4.69) is 17.0 Å². The summed E-state index contributed by atoms with van der Waals surface area (Å²) in [6.45, 7) is 7.47. The fraction of sp³-hybridized carbons (Fsp3) is 0.636. The summed E-state index contributed by atoms with van der Waals surface area (Å²) < 4.78 is 12.5. The SMILES string of the molecule is CO[C@]1(C)CCCC(CC(=O)c2cnn3c(N(C)C(=O)OC(C)(C)C)cc(Cl)nc23)C1. The van der Waals surface area contributed by atoms with E-state index < -0.39 is 11.7 Å². The molecule has 170 valence electrons. The molecular formula is C22H31ClN4O4. The number of hydrogen-bond donors (Lipinski definition) is 0. The molecule has 1 aliphatic carbocycles. The van der Waals surface area contributed by atoms with E-state index in [4.69, 9.17) is 21.1 Å². The maximum Gasteiger partial charge on any atom is 0.415 e. The third-order valence-corrected chi connectivity index (χ3v) is 5.93. The van der Waals surface area contributed by atoms with E-state index in [-0.39, 0.29) is 22.5 Å². The summed E-state index contributed by atoms with van der Waals surface area (Å²) in [6, 6.07) is 1.52. The van der Waals surface area contributed by atoms with Crippen molar-refractivity contribution >= 4 is 34.9 Å². The number of hydrogen-bond acceptors (Lipinski definition) is 6. The lowest BCUT2D eigenvalue weighted by Crippen LogP contribution is -2.35. The lowest BCUT2D eigenvalue weighted by atomic mass is 9.76. The van der Waals surface area contributed by atoms with E-state index in [1.54, 1.807) is 34.9 Å². The first-order valence-corrected chi connectivity index (χ1v) is 10.9. The smallest absolute Gasteiger partial charge is 0.415 e. The van der Waals surface area contributed by atoms with Crippen molar-refractivity contribution in [2.24, 2.45) is 5.92 Å². The van der Waals surface area contributed by atoms with Crippen molar-refractivity contribution in [3.63, 3.8) is 0 Å². The Morgan fingerprint density at radius 2 is 2.10 bits per heavy atom. The predicted octanol–water partition coefficient (Wildman–Crippen LogP) is 4.92. The molecule has 2 heterocycles. The Morgan fingerprint density at radius 3 is 2.74 bits per heavy atom. The number of Topliss-reactive ketones (excluding diaryl/α,β-unsaturated/α-hetero) is 1. The fourth-order valence-corrected chi connectivity index (χ4v) is 4.27. The summed E-state index contributed by atoms with van der Waals surface area (Å²) >= 11 is 6.23. The second-order valence-corrected chi connectivity index (χ2v) is 9.90. The van der Waals surface area contributed by atoms with E-state index in [1.165, 1.54) is 21.7 Å². The molecule has 1 fully saturated rings. The molecule has 0 aliphatic heterocycles. The minimum Gasteiger partial charge on any atom is -0.443 e. The first-order chi connectivity index (χ1) is 14.4. The van der Waals surface area contributed by atoms with Crippen LogP contribution in [-0.2, 0) is 9.47 Å². The van der Waals surface area contributed by atoms with Gasteiger partial charge in [-0.1, -0.05) is 18.0 Å². The molecule has 0 spiro atoms. The van der Waals surface area contributed by atoms with Gasteiger partial charge in [-0.2, -0.15) is 9.61 Å². The van der Waals surface area contributed by atoms with Crippen molar-refractivity contribution in [3.8, 4) is 0 Å². The van der Waals surface area contributed by atoms with E-state index in [0.717, 1.165) is 25.7 Å². The van der Waals surface area contributed by atoms with Crippen LogP contribution in [0.3, 0.4) is 0 Å². The van der Waals surface area contributed by atoms with Crippen LogP contribution in [0.4, 0.5) is 10.6 Å². The molecule has 0 radical (unpaired) electrons. The molecule has 1 unspecified atom stereocenters. The Kier molecular flexibility index (Phi) is 6.62. The topological polar surface area (TPSA) is 86.0 Å². The molecule has 2 aromatic heterocycles. The Hall–Kier alpha value is -2.19. The lowest BCUT2D eigenvalue weighted by Gasteiger charge is -2.36. The van der Waals surface area contributed by atoms with E-state index >= 15 is 0 Å². The van der Waals surface area contributed by atoms with Gasteiger partial charge in [0, 0.05) is 26.6 Å². The minimum absolute atomic E-state index is 0.0407. The summed E-state index contributed by atoms with van der Waals surface area (Å²) in [5, 5.41) is 4.48. The van der Waals surface area contributed by atoms with Gasteiger partial charge >= 0.3 is 6.09 Å². The highest BCUT2D eigenvalue weighted by atomic mass is 35.5. The number of methoxy groups -OCH3 is 1. The standard InChI is InChI=1S/C22H31ClN4O4/c1-21(2,3)31-20(29)26(5)18-11-17(23)25-19-15(13-24-27(18)19)16(28)10-14-8-7-9-22(4,12-14)30-6/h11,13-14H,7-10,12H2,1-6H3/t14?,22-/m1/s1. The second kappa shape index (κ2) is 8.74. The number of fused-ring (bicyclic) bond motifs is 1. The summed E-state index contributed by atoms with van der Waals surface area (Å²) in [4.78, 5) is 31.3. The monoisotopic (exact) mass is 450 g/mol. The van der Waals surface area contributed by atoms with E-state index in [1.807, 2.05) is 0 Å². The highest BCUT2D eigenvalue weighted by Crippen LogP contribution is 2.37. The zero-order valence-corrected chi connectivity index (χ0v) is 19.8. The summed E-state index contributed by atoms with van der Waals surface area (Å²) in [5.41, 5.74) is -0.113. The molecule has 0 aromatic carbocycles. The molecule has 9 heteroatoms. The molecule has 0 N–H and O–H groups in total. The zero-order chi connectivity index (χ0) is 23.0. The van der Waals surface area contributed by atoms with Crippen molar-refractivity contribution in [2.75, 3.05) is 19.1 Å². The van der Waals surface area contributed by atoms with Crippen LogP contribution in [0.1, 0.15) is 70.2 Å². The number of nitrogens with zero attached hydrogens (tertiary/aromatic N) is 4. The van der Waals surface area contributed by atoms with Gasteiger partial charge in [-0.3, -0.25) is 9.69 Å². The van der Waals surface area contributed by atoms with Crippen LogP contribution in [0.25, 0.3) is 5.65 Å². The molecular weight excluding hydrogens is 420 g/mol. The van der Waals surface area contributed by atoms with Gasteiger partial charge < -0.3 is 9.47 Å². The normalized spacial score (nSPS) is 21.8. The quantitative estimate of drug-likeness (QED) is 0.474. The maximum absolute atomic E-state index is 13.1. The van der Waals surface area contributed by atoms with Gasteiger partial charge in [0.25, 0.3) is 0 Å². The minimum atomic E-state index is -0.650. The van der Waals surface area contributed by atoms with Gasteiger partial charge in [0.1, 0.15) is 16.6 Å². The van der Waals surface area contributed by atoms with E-state index in [0.29, 0.717) is 23.4 Å². The Labute approximate surface area is 187 Å². The van der Waals surface area contributed by atoms with Gasteiger partial charge in [-0.15, -0.1) is 0 Å². The number of aromatic nitrogens is 3. The summed E-state index contributed by atoms with van der Waals surface area (Å²) in [7, 11) is 3.29. The van der Waals surface area contributed by atoms with Crippen molar-refractivity contribution in [1.29, 1.82) is 0 Å². The molecule has 1 aliphatic rings. The number of anilines is 1. The summed E-state index contributed by atoms with van der Waals surface area (Å²) in [6.07, 6.45) is 5.20. The summed E-state index contributed by atoms with van der Waals surface area (Å²) in [5.74, 6) is 0.568. The van der Waals surface area contributed by atoms with Gasteiger partial charge in [0.15, 0.2) is 11.4 Å². The van der Waals surface area contributed by atoms with Crippen LogP contribution in [0.5, 0.6) is 0 Å². The van der Waals surface area contributed by atoms with Gasteiger partial charge in [-0.05, 0) is 52.9 Å². The molecule has 3 rings (SSSR count). The number of rotatable bonds is 5. The number of ketones is 1. The Bertz CT molecular complexity index is 984. The van der Waals surface area contributed by atoms with Crippen LogP contribution in [0.2, 0.25) is 5.15 Å². The molecule has 1 amide bonds. The first-order valence-electron chi connectivity index (χ1n) is 10.5. The number of carbonyl (C=O) groups excluding carboxylic acids is 2. The van der Waals surface area contributed by atoms with Gasteiger partial charge in [0.05, 0.1) is 17.4 Å². The molecule has 8 nitrogen and oxygen atoms in total. The predicted molar refractivity (Wildman–Crippen MR) is 119 cm³/mol. The van der Waals surface area contributed by atoms with Crippen LogP contribution in [-0.4, -0.2) is 51.8 Å². The van der Waals surface area contributed by atoms with Crippen molar-refractivity contribution in [2.45, 2.75) is 71.0 Å². The number of ether oxygens (including phenoxy) is 2. The van der Waals surface area contributed by atoms with Crippen molar-refractivity contribution in [1.82, 2.24) is 14.6 Å². The first kappa shape index (κ1) is 23.5. The van der Waals surface area contributed by atoms with Crippen LogP contribution >= 0.6 is 11.6 Å². The number of amides is 1. The van der Waals surface area contributed by atoms with Crippen LogP contribution in [0.15, 0.2) is 12.3 Å². The highest BCUT2D eigenvalue weighted by Gasteiger charge is 2.33. The van der Waals surface area contributed by atoms with Gasteiger partial charge in [0.2, 0.25) is 0 Å². The molecule has 0 bridgehead atoms. The zero-order valence-electron chi connectivity index (χ0n) is 19.1. The van der Waals surface area contributed by atoms with Crippen LogP contribution in [0, 0.1) is 5.92 Å². The van der Waals surface area contributed by atoms with E-state index in [9.17, 15) is 9.59 Å². The highest BCUT2D eigenvalue weighted by molar-refractivity contribution is 6.30. The maximum atomic E-state index is 13.1. The fourth-order valence-electron chi connectivity index (χ4n) is 4.09. The number of carbonyl (C=O) groups is 2. The third kappa shape index (κ3) is 5.36.